The fourth-order valence-corrected chi connectivity index (χ4v) is 1.93. The van der Waals surface area contributed by atoms with Crippen LogP contribution in [-0.2, 0) is 15.3 Å². The highest BCUT2D eigenvalue weighted by atomic mass is 19.1. The lowest BCUT2D eigenvalue weighted by atomic mass is 10.1. The van der Waals surface area contributed by atoms with E-state index in [1.807, 2.05) is 0 Å². The maximum Gasteiger partial charge on any atom is 0.196 e. The molecule has 0 spiro atoms. The third kappa shape index (κ3) is 2.26. The fraction of sp³-hybridized carbons (Fsp3) is 0.500. The highest BCUT2D eigenvalue weighted by Gasteiger charge is 2.40. The van der Waals surface area contributed by atoms with Crippen LogP contribution in [0.15, 0.2) is 18.2 Å². The number of halogens is 1. The van der Waals surface area contributed by atoms with Crippen LogP contribution in [0.5, 0.6) is 5.75 Å². The Morgan fingerprint density at radius 3 is 2.94 bits per heavy atom. The van der Waals surface area contributed by atoms with Gasteiger partial charge < -0.3 is 19.9 Å². The normalized spacial score (nSPS) is 28.4. The Morgan fingerprint density at radius 1 is 1.59 bits per heavy atom. The molecule has 0 saturated carbocycles. The zero-order valence-electron chi connectivity index (χ0n) is 9.90. The first-order valence-electron chi connectivity index (χ1n) is 5.45. The standard InChI is InChI=1S/C12H16FNO3/c1-12(16-7-9(6-14)17-12)10-5-8(13)3-4-11(10)15-2/h3-5,9H,6-7,14H2,1-2H3. The molecule has 0 amide bonds. The van der Waals surface area contributed by atoms with Crippen molar-refractivity contribution < 1.29 is 18.6 Å². The first kappa shape index (κ1) is 12.3. The molecule has 1 aromatic carbocycles. The number of ether oxygens (including phenoxy) is 3. The molecule has 1 fully saturated rings. The van der Waals surface area contributed by atoms with Gasteiger partial charge in [-0.15, -0.1) is 0 Å². The van der Waals surface area contributed by atoms with Gasteiger partial charge in [-0.25, -0.2) is 4.39 Å². The van der Waals surface area contributed by atoms with Crippen LogP contribution in [-0.4, -0.2) is 26.4 Å². The Kier molecular flexibility index (Phi) is 3.33. The monoisotopic (exact) mass is 241 g/mol. The summed E-state index contributed by atoms with van der Waals surface area (Å²) in [5, 5.41) is 0. The van der Waals surface area contributed by atoms with Crippen LogP contribution in [0.25, 0.3) is 0 Å². The van der Waals surface area contributed by atoms with Gasteiger partial charge in [-0.05, 0) is 25.1 Å². The lowest BCUT2D eigenvalue weighted by Gasteiger charge is -2.25. The minimum Gasteiger partial charge on any atom is -0.496 e. The van der Waals surface area contributed by atoms with Crippen molar-refractivity contribution in [2.75, 3.05) is 20.3 Å². The Hall–Kier alpha value is -1.17. The van der Waals surface area contributed by atoms with E-state index in [-0.39, 0.29) is 11.9 Å². The molecule has 2 rings (SSSR count). The largest absolute Gasteiger partial charge is 0.496 e. The zero-order valence-corrected chi connectivity index (χ0v) is 9.90. The van der Waals surface area contributed by atoms with Gasteiger partial charge in [-0.2, -0.15) is 0 Å². The summed E-state index contributed by atoms with van der Waals surface area (Å²) in [7, 11) is 1.52. The molecule has 4 nitrogen and oxygen atoms in total. The molecule has 94 valence electrons. The van der Waals surface area contributed by atoms with Gasteiger partial charge in [0.2, 0.25) is 0 Å². The van der Waals surface area contributed by atoms with Gasteiger partial charge in [0.25, 0.3) is 0 Å². The molecule has 2 N–H and O–H groups in total. The van der Waals surface area contributed by atoms with E-state index in [0.717, 1.165) is 0 Å². The fourth-order valence-electron chi connectivity index (χ4n) is 1.93. The van der Waals surface area contributed by atoms with Crippen LogP contribution in [0.3, 0.4) is 0 Å². The molecule has 1 aliphatic heterocycles. The van der Waals surface area contributed by atoms with Gasteiger partial charge in [-0.1, -0.05) is 0 Å². The van der Waals surface area contributed by atoms with Gasteiger partial charge in [0.05, 0.1) is 25.4 Å². The SMILES string of the molecule is COc1ccc(F)cc1C1(C)OCC(CN)O1. The maximum atomic E-state index is 13.3. The molecule has 1 aromatic rings. The maximum absolute atomic E-state index is 13.3. The molecule has 5 heteroatoms. The minimum absolute atomic E-state index is 0.173. The number of rotatable bonds is 3. The summed E-state index contributed by atoms with van der Waals surface area (Å²) in [6, 6.07) is 4.25. The van der Waals surface area contributed by atoms with Crippen LogP contribution in [0.2, 0.25) is 0 Å². The smallest absolute Gasteiger partial charge is 0.196 e. The molecule has 17 heavy (non-hydrogen) atoms. The lowest BCUT2D eigenvalue weighted by Crippen LogP contribution is -2.27. The van der Waals surface area contributed by atoms with Crippen molar-refractivity contribution >= 4 is 0 Å². The molecule has 1 saturated heterocycles. The van der Waals surface area contributed by atoms with E-state index in [2.05, 4.69) is 0 Å². The van der Waals surface area contributed by atoms with Crippen molar-refractivity contribution in [1.29, 1.82) is 0 Å². The van der Waals surface area contributed by atoms with Gasteiger partial charge in [0.1, 0.15) is 11.6 Å². The molecule has 2 unspecified atom stereocenters. The van der Waals surface area contributed by atoms with Crippen molar-refractivity contribution in [1.82, 2.24) is 0 Å². The number of methoxy groups -OCH3 is 1. The van der Waals surface area contributed by atoms with E-state index in [1.165, 1.54) is 19.2 Å². The van der Waals surface area contributed by atoms with E-state index in [4.69, 9.17) is 19.9 Å². The Morgan fingerprint density at radius 2 is 2.35 bits per heavy atom. The van der Waals surface area contributed by atoms with Crippen molar-refractivity contribution in [3.63, 3.8) is 0 Å². The summed E-state index contributed by atoms with van der Waals surface area (Å²) in [6.07, 6.45) is -0.173. The topological polar surface area (TPSA) is 53.7 Å². The molecule has 2 atom stereocenters. The second kappa shape index (κ2) is 4.60. The van der Waals surface area contributed by atoms with Crippen molar-refractivity contribution in [3.05, 3.63) is 29.6 Å². The van der Waals surface area contributed by atoms with Gasteiger partial charge >= 0.3 is 0 Å². The zero-order chi connectivity index (χ0) is 12.5. The summed E-state index contributed by atoms with van der Waals surface area (Å²) in [5.41, 5.74) is 6.06. The number of benzene rings is 1. The predicted molar refractivity (Wildman–Crippen MR) is 60.2 cm³/mol. The number of hydrogen-bond donors (Lipinski definition) is 1. The lowest BCUT2D eigenvalue weighted by molar-refractivity contribution is -0.161. The summed E-state index contributed by atoms with van der Waals surface area (Å²) in [4.78, 5) is 0. The molecule has 1 heterocycles. The van der Waals surface area contributed by atoms with E-state index in [1.54, 1.807) is 13.0 Å². The minimum atomic E-state index is -1.00. The van der Waals surface area contributed by atoms with Gasteiger partial charge in [0.15, 0.2) is 5.79 Å². The highest BCUT2D eigenvalue weighted by molar-refractivity contribution is 5.37. The summed E-state index contributed by atoms with van der Waals surface area (Å²) < 4.78 is 29.7. The average Bonchev–Trinajstić information content (AvgIpc) is 2.72. The Labute approximate surface area is 99.5 Å². The van der Waals surface area contributed by atoms with Crippen molar-refractivity contribution in [3.8, 4) is 5.75 Å². The van der Waals surface area contributed by atoms with Crippen molar-refractivity contribution in [2.45, 2.75) is 18.8 Å². The molecule has 0 radical (unpaired) electrons. The van der Waals surface area contributed by atoms with Crippen LogP contribution in [0.4, 0.5) is 4.39 Å². The van der Waals surface area contributed by atoms with Gasteiger partial charge in [-0.3, -0.25) is 0 Å². The Balaban J connectivity index is 2.36. The number of nitrogens with two attached hydrogens (primary N) is 1. The molecule has 1 aliphatic rings. The van der Waals surface area contributed by atoms with E-state index >= 15 is 0 Å². The molecule has 0 aliphatic carbocycles. The van der Waals surface area contributed by atoms with Gasteiger partial charge in [0, 0.05) is 6.54 Å². The van der Waals surface area contributed by atoms with Crippen LogP contribution >= 0.6 is 0 Å². The molecule has 0 bridgehead atoms. The van der Waals surface area contributed by atoms with Crippen LogP contribution in [0.1, 0.15) is 12.5 Å². The highest BCUT2D eigenvalue weighted by Crippen LogP contribution is 2.38. The third-order valence-electron chi connectivity index (χ3n) is 2.85. The van der Waals surface area contributed by atoms with Crippen LogP contribution in [0, 0.1) is 5.82 Å². The first-order chi connectivity index (χ1) is 8.09. The average molecular weight is 241 g/mol. The summed E-state index contributed by atoms with van der Waals surface area (Å²) >= 11 is 0. The summed E-state index contributed by atoms with van der Waals surface area (Å²) in [5.74, 6) is -0.825. The molecular weight excluding hydrogens is 225 g/mol. The van der Waals surface area contributed by atoms with Crippen LogP contribution < -0.4 is 10.5 Å². The quantitative estimate of drug-likeness (QED) is 0.868. The summed E-state index contributed by atoms with van der Waals surface area (Å²) in [6.45, 7) is 2.50. The van der Waals surface area contributed by atoms with Crippen molar-refractivity contribution in [2.24, 2.45) is 5.73 Å². The third-order valence-corrected chi connectivity index (χ3v) is 2.85. The predicted octanol–water partition coefficient (Wildman–Crippen LogP) is 1.38. The molecule has 0 aromatic heterocycles. The number of hydrogen-bond acceptors (Lipinski definition) is 4. The second-order valence-electron chi connectivity index (χ2n) is 4.08. The second-order valence-corrected chi connectivity index (χ2v) is 4.08. The Bertz CT molecular complexity index is 413. The van der Waals surface area contributed by atoms with E-state index < -0.39 is 5.79 Å². The first-order valence-corrected chi connectivity index (χ1v) is 5.45. The van der Waals surface area contributed by atoms with E-state index in [9.17, 15) is 4.39 Å². The van der Waals surface area contributed by atoms with E-state index in [0.29, 0.717) is 24.5 Å². The molecular formula is C12H16FNO3.